The lowest BCUT2D eigenvalue weighted by Gasteiger charge is -2.22. The second-order valence-corrected chi connectivity index (χ2v) is 4.78. The summed E-state index contributed by atoms with van der Waals surface area (Å²) in [5.41, 5.74) is 3.55. The minimum Gasteiger partial charge on any atom is -0.426 e. The van der Waals surface area contributed by atoms with Crippen LogP contribution in [0.3, 0.4) is 0 Å². The fourth-order valence-electron chi connectivity index (χ4n) is 2.13. The fraction of sp³-hybridized carbons (Fsp3) is 0.188. The lowest BCUT2D eigenvalue weighted by atomic mass is 10.0. The molecule has 0 aromatic heterocycles. The second kappa shape index (κ2) is 4.76. The first kappa shape index (κ1) is 11.8. The molecule has 0 radical (unpaired) electrons. The van der Waals surface area contributed by atoms with Gasteiger partial charge in [0.25, 0.3) is 6.02 Å². The van der Waals surface area contributed by atoms with Gasteiger partial charge in [-0.25, -0.2) is 4.99 Å². The van der Waals surface area contributed by atoms with Crippen LogP contribution in [0.2, 0.25) is 0 Å². The number of benzene rings is 2. The minimum absolute atomic E-state index is 0.667. The first-order chi connectivity index (χ1) is 9.24. The molecule has 1 aliphatic rings. The molecule has 0 atom stereocenters. The molecule has 3 heteroatoms. The van der Waals surface area contributed by atoms with Crippen molar-refractivity contribution in [3.63, 3.8) is 0 Å². The smallest absolute Gasteiger partial charge is 0.292 e. The van der Waals surface area contributed by atoms with Gasteiger partial charge in [0.2, 0.25) is 0 Å². The van der Waals surface area contributed by atoms with Gasteiger partial charge in [0, 0.05) is 19.7 Å². The highest BCUT2D eigenvalue weighted by atomic mass is 16.5. The van der Waals surface area contributed by atoms with Crippen molar-refractivity contribution in [3.8, 4) is 16.9 Å². The summed E-state index contributed by atoms with van der Waals surface area (Å²) in [5.74, 6) is 0.901. The molecule has 0 spiro atoms. The Labute approximate surface area is 113 Å². The molecule has 0 saturated carbocycles. The molecule has 0 saturated heterocycles. The zero-order valence-electron chi connectivity index (χ0n) is 11.1. The maximum atomic E-state index is 5.76. The van der Waals surface area contributed by atoms with E-state index in [0.717, 1.165) is 11.3 Å². The highest BCUT2D eigenvalue weighted by molar-refractivity contribution is 5.78. The zero-order chi connectivity index (χ0) is 13.2. The van der Waals surface area contributed by atoms with Crippen molar-refractivity contribution in [2.75, 3.05) is 14.1 Å². The quantitative estimate of drug-likeness (QED) is 0.778. The van der Waals surface area contributed by atoms with E-state index in [-0.39, 0.29) is 0 Å². The van der Waals surface area contributed by atoms with Crippen LogP contribution in [0.5, 0.6) is 5.75 Å². The predicted molar refractivity (Wildman–Crippen MR) is 77.3 cm³/mol. The lowest BCUT2D eigenvalue weighted by molar-refractivity contribution is 0.413. The molecule has 2 aromatic carbocycles. The van der Waals surface area contributed by atoms with Crippen molar-refractivity contribution in [1.29, 1.82) is 0 Å². The molecule has 1 heterocycles. The van der Waals surface area contributed by atoms with Crippen LogP contribution in [0.4, 0.5) is 0 Å². The highest BCUT2D eigenvalue weighted by Crippen LogP contribution is 2.29. The first-order valence-electron chi connectivity index (χ1n) is 6.32. The fourth-order valence-corrected chi connectivity index (χ4v) is 2.13. The normalized spacial score (nSPS) is 13.3. The van der Waals surface area contributed by atoms with Crippen molar-refractivity contribution in [2.45, 2.75) is 6.54 Å². The number of amidine groups is 1. The van der Waals surface area contributed by atoms with Crippen LogP contribution in [-0.2, 0) is 6.54 Å². The monoisotopic (exact) mass is 252 g/mol. The molecular formula is C16H16N2O. The van der Waals surface area contributed by atoms with E-state index in [9.17, 15) is 0 Å². The Hall–Kier alpha value is -2.29. The van der Waals surface area contributed by atoms with E-state index < -0.39 is 0 Å². The molecule has 0 fully saturated rings. The highest BCUT2D eigenvalue weighted by Gasteiger charge is 2.15. The van der Waals surface area contributed by atoms with Crippen LogP contribution in [0.25, 0.3) is 11.1 Å². The average Bonchev–Trinajstić information content (AvgIpc) is 2.47. The van der Waals surface area contributed by atoms with Crippen molar-refractivity contribution in [3.05, 3.63) is 54.1 Å². The van der Waals surface area contributed by atoms with Crippen molar-refractivity contribution in [1.82, 2.24) is 4.90 Å². The minimum atomic E-state index is 0.667. The summed E-state index contributed by atoms with van der Waals surface area (Å²) in [5, 5.41) is 0. The number of hydrogen-bond donors (Lipinski definition) is 0. The summed E-state index contributed by atoms with van der Waals surface area (Å²) < 4.78 is 5.76. The van der Waals surface area contributed by atoms with Gasteiger partial charge in [-0.05, 0) is 23.3 Å². The van der Waals surface area contributed by atoms with Crippen molar-refractivity contribution >= 4 is 6.02 Å². The van der Waals surface area contributed by atoms with Gasteiger partial charge in [-0.15, -0.1) is 0 Å². The Morgan fingerprint density at radius 1 is 1.00 bits per heavy atom. The number of fused-ring (bicyclic) bond motifs is 1. The molecule has 0 N–H and O–H groups in total. The molecule has 19 heavy (non-hydrogen) atoms. The lowest BCUT2D eigenvalue weighted by Crippen LogP contribution is -2.29. The van der Waals surface area contributed by atoms with E-state index in [2.05, 4.69) is 29.3 Å². The topological polar surface area (TPSA) is 24.8 Å². The molecule has 96 valence electrons. The Balaban J connectivity index is 1.93. The molecule has 0 unspecified atom stereocenters. The van der Waals surface area contributed by atoms with Gasteiger partial charge in [-0.3, -0.25) is 0 Å². The molecule has 3 nitrogen and oxygen atoms in total. The number of hydrogen-bond acceptors (Lipinski definition) is 3. The Kier molecular flexibility index (Phi) is 2.95. The maximum Gasteiger partial charge on any atom is 0.292 e. The number of rotatable bonds is 1. The van der Waals surface area contributed by atoms with E-state index in [1.807, 2.05) is 43.3 Å². The van der Waals surface area contributed by atoms with Crippen molar-refractivity contribution in [2.24, 2.45) is 4.99 Å². The van der Waals surface area contributed by atoms with E-state index in [4.69, 9.17) is 4.74 Å². The summed E-state index contributed by atoms with van der Waals surface area (Å²) in [6.07, 6.45) is 0. The molecular weight excluding hydrogens is 236 g/mol. The molecule has 3 rings (SSSR count). The molecule has 0 aliphatic carbocycles. The van der Waals surface area contributed by atoms with Gasteiger partial charge in [-0.1, -0.05) is 36.4 Å². The Morgan fingerprint density at radius 3 is 2.53 bits per heavy atom. The zero-order valence-corrected chi connectivity index (χ0v) is 11.1. The van der Waals surface area contributed by atoms with Gasteiger partial charge >= 0.3 is 0 Å². The summed E-state index contributed by atoms with van der Waals surface area (Å²) in [7, 11) is 3.87. The van der Waals surface area contributed by atoms with Gasteiger partial charge in [0.1, 0.15) is 5.75 Å². The maximum absolute atomic E-state index is 5.76. The van der Waals surface area contributed by atoms with E-state index >= 15 is 0 Å². The van der Waals surface area contributed by atoms with Gasteiger partial charge in [0.15, 0.2) is 0 Å². The molecule has 1 aliphatic heterocycles. The third kappa shape index (κ3) is 2.32. The largest absolute Gasteiger partial charge is 0.426 e. The van der Waals surface area contributed by atoms with Crippen molar-refractivity contribution < 1.29 is 4.74 Å². The standard InChI is InChI=1S/C16H16N2O/c1-18(2)16-17-11-14-10-13(8-9-15(14)19-16)12-6-4-3-5-7-12/h3-10H,11H2,1-2H3. The number of nitrogens with zero attached hydrogens (tertiary/aromatic N) is 2. The molecule has 2 aromatic rings. The molecule has 0 bridgehead atoms. The Morgan fingerprint density at radius 2 is 1.79 bits per heavy atom. The van der Waals surface area contributed by atoms with E-state index in [0.29, 0.717) is 12.6 Å². The SMILES string of the molecule is CN(C)C1=NCc2cc(-c3ccccc3)ccc2O1. The average molecular weight is 252 g/mol. The third-order valence-corrected chi connectivity index (χ3v) is 3.14. The first-order valence-corrected chi connectivity index (χ1v) is 6.32. The second-order valence-electron chi connectivity index (χ2n) is 4.78. The number of aliphatic imine (C=N–C) groups is 1. The van der Waals surface area contributed by atoms with Crippen LogP contribution in [-0.4, -0.2) is 25.0 Å². The summed E-state index contributed by atoms with van der Waals surface area (Å²) in [6, 6.07) is 17.3. The van der Waals surface area contributed by atoms with Crippen LogP contribution in [0, 0.1) is 0 Å². The van der Waals surface area contributed by atoms with Gasteiger partial charge < -0.3 is 9.64 Å². The van der Waals surface area contributed by atoms with Crippen LogP contribution in [0.1, 0.15) is 5.56 Å². The van der Waals surface area contributed by atoms with Gasteiger partial charge in [0.05, 0.1) is 6.54 Å². The van der Waals surface area contributed by atoms with Gasteiger partial charge in [-0.2, -0.15) is 0 Å². The van der Waals surface area contributed by atoms with E-state index in [1.165, 1.54) is 11.1 Å². The summed E-state index contributed by atoms with van der Waals surface area (Å²) in [4.78, 5) is 6.31. The number of ether oxygens (including phenoxy) is 1. The molecule has 0 amide bonds. The van der Waals surface area contributed by atoms with Crippen LogP contribution < -0.4 is 4.74 Å². The Bertz CT molecular complexity index is 618. The summed E-state index contributed by atoms with van der Waals surface area (Å²) >= 11 is 0. The van der Waals surface area contributed by atoms with Crippen LogP contribution >= 0.6 is 0 Å². The third-order valence-electron chi connectivity index (χ3n) is 3.14. The summed E-state index contributed by atoms with van der Waals surface area (Å²) in [6.45, 7) is 0.670. The predicted octanol–water partition coefficient (Wildman–Crippen LogP) is 3.16. The van der Waals surface area contributed by atoms with Crippen LogP contribution in [0.15, 0.2) is 53.5 Å². The van der Waals surface area contributed by atoms with E-state index in [1.54, 1.807) is 0 Å².